The Morgan fingerprint density at radius 2 is 0.613 bits per heavy atom. The lowest BCUT2D eigenvalue weighted by molar-refractivity contribution is 0.661. The highest BCUT2D eigenvalue weighted by Gasteiger charge is 2.38. The zero-order valence-corrected chi connectivity index (χ0v) is 77.2. The average Bonchev–Trinajstić information content (AvgIpc) is 1.54. The Morgan fingerprint density at radius 1 is 0.234 bits per heavy atom. The zero-order valence-electron chi connectivity index (χ0n) is 73.9. The van der Waals surface area contributed by atoms with Crippen molar-refractivity contribution in [2.45, 2.75) is 19.3 Å². The van der Waals surface area contributed by atoms with Crippen molar-refractivity contribution in [3.05, 3.63) is 430 Å². The molecule has 0 amide bonds. The van der Waals surface area contributed by atoms with Crippen LogP contribution in [0.3, 0.4) is 0 Å². The minimum Gasteiger partial charge on any atom is -0.456 e. The van der Waals surface area contributed by atoms with Crippen LogP contribution in [0.15, 0.2) is 423 Å². The van der Waals surface area contributed by atoms with Crippen LogP contribution < -0.4 is 0 Å². The third kappa shape index (κ3) is 12.4. The summed E-state index contributed by atoms with van der Waals surface area (Å²) in [6.07, 6.45) is 0. The van der Waals surface area contributed by atoms with E-state index in [1.165, 1.54) is 122 Å². The first-order valence-electron chi connectivity index (χ1n) is 46.1. The summed E-state index contributed by atoms with van der Waals surface area (Å²) in [5, 5.41) is 15.8. The van der Waals surface area contributed by atoms with E-state index >= 15 is 0 Å². The van der Waals surface area contributed by atoms with Crippen LogP contribution in [-0.2, 0) is 5.41 Å². The summed E-state index contributed by atoms with van der Waals surface area (Å²) in [4.78, 5) is 31.4. The minimum absolute atomic E-state index is 0.0659. The lowest BCUT2D eigenvalue weighted by Gasteiger charge is -2.21. The van der Waals surface area contributed by atoms with Gasteiger partial charge in [-0.2, -0.15) is 0 Å². The fourth-order valence-electron chi connectivity index (χ4n) is 21.4. The first-order valence-corrected chi connectivity index (χ1v) is 49.4. The van der Waals surface area contributed by atoms with E-state index in [-0.39, 0.29) is 5.41 Å². The van der Waals surface area contributed by atoms with Crippen LogP contribution in [0.1, 0.15) is 25.0 Å². The van der Waals surface area contributed by atoms with Gasteiger partial charge < -0.3 is 18.1 Å². The molecule has 137 heavy (non-hydrogen) atoms. The Bertz CT molecular complexity index is 9670. The number of nitrogens with zero attached hydrogens (tertiary/aromatic N) is 9. The highest BCUT2D eigenvalue weighted by atomic mass is 32.1. The van der Waals surface area contributed by atoms with E-state index in [1.54, 1.807) is 34.0 Å². The molecule has 0 saturated carbocycles. The molecule has 0 atom stereocenters. The molecule has 0 N–H and O–H groups in total. The Kier molecular flexibility index (Phi) is 18.0. The second kappa shape index (κ2) is 31.2. The third-order valence-electron chi connectivity index (χ3n) is 27.6. The Labute approximate surface area is 800 Å². The molecule has 1 aliphatic carbocycles. The fraction of sp³-hybridized carbons (Fsp3) is 0.0244. The predicted octanol–water partition coefficient (Wildman–Crippen LogP) is 34.4. The number of hydrogen-bond donors (Lipinski definition) is 0. The summed E-state index contributed by atoms with van der Waals surface area (Å²) in [5.41, 5.74) is 29.8. The molecule has 0 radical (unpaired) electrons. The number of benzene rings is 18. The van der Waals surface area contributed by atoms with E-state index in [4.69, 9.17) is 34.3 Å². The van der Waals surface area contributed by atoms with E-state index in [0.29, 0.717) is 5.82 Å². The first kappa shape index (κ1) is 78.9. The van der Waals surface area contributed by atoms with Crippen LogP contribution >= 0.6 is 45.3 Å². The number of furan rings is 1. The highest BCUT2D eigenvalue weighted by Crippen LogP contribution is 2.55. The maximum atomic E-state index is 6.33. The minimum atomic E-state index is -0.0659. The number of thiophene rings is 4. The molecule has 0 spiro atoms. The monoisotopic (exact) mass is 1820 g/mol. The van der Waals surface area contributed by atoms with E-state index in [1.807, 2.05) is 29.5 Å². The van der Waals surface area contributed by atoms with Gasteiger partial charge >= 0.3 is 0 Å². The molecule has 10 nitrogen and oxygen atoms in total. The largest absolute Gasteiger partial charge is 0.456 e. The quantitative estimate of drug-likeness (QED) is 0.142. The molecular weight excluding hydrogens is 1750 g/mol. The Morgan fingerprint density at radius 3 is 1.12 bits per heavy atom. The van der Waals surface area contributed by atoms with Gasteiger partial charge in [0.05, 0.1) is 86.2 Å². The standard InChI is InChI=1S/C43H29N3S.C40H23N3OS.C40H23N3S2/c1-43(2)33-17-9-6-15-31(33)37-34(43)25-24-30-29-14-7-10-18-35(29)46(40(30)37)28-22-20-27(21-23-28)42-44-38(26-12-4-3-5-13-26)41-39(45-42)32-16-8-11-19-36(32)47-41;1-2-11-24(12-3-1)36-39-37(30-17-6-9-20-34(30)45-39)42-40(41-36)25-13-10-14-26(23-25)43-31-18-7-4-15-27(31)28-21-22-33-35(38(28)43)29-16-5-8-19-32(29)44-33;1-2-11-24(12-3-1)36-39-37(30-17-6-9-20-33(30)45-39)42-40(41-36)25-13-10-14-26(23-25)43-31-18-7-4-15-27(31)28-21-22-34-35(38(28)43)29-16-5-8-19-32(29)44-34/h3-25H,1-2H3;2*1-23H. The van der Waals surface area contributed by atoms with Gasteiger partial charge in [0.1, 0.15) is 11.2 Å². The second-order valence-corrected chi connectivity index (χ2v) is 40.0. The smallest absolute Gasteiger partial charge is 0.160 e. The number of hydrogen-bond acceptors (Lipinski definition) is 11. The lowest BCUT2D eigenvalue weighted by Crippen LogP contribution is -2.14. The van der Waals surface area contributed by atoms with Crippen LogP contribution in [-0.4, -0.2) is 43.6 Å². The van der Waals surface area contributed by atoms with Crippen LogP contribution in [0.2, 0.25) is 0 Å². The van der Waals surface area contributed by atoms with Crippen molar-refractivity contribution in [1.29, 1.82) is 0 Å². The number of para-hydroxylation sites is 4. The molecule has 14 heteroatoms. The summed E-state index contributed by atoms with van der Waals surface area (Å²) < 4.78 is 23.2. The van der Waals surface area contributed by atoms with Crippen molar-refractivity contribution in [3.8, 4) is 96.1 Å². The van der Waals surface area contributed by atoms with Crippen molar-refractivity contribution >= 4 is 214 Å². The van der Waals surface area contributed by atoms with Gasteiger partial charge in [0, 0.05) is 150 Å². The molecule has 0 unspecified atom stereocenters. The van der Waals surface area contributed by atoms with E-state index in [2.05, 4.69) is 428 Å². The zero-order chi connectivity index (χ0) is 90.2. The molecule has 0 bridgehead atoms. The van der Waals surface area contributed by atoms with Gasteiger partial charge in [-0.1, -0.05) is 317 Å². The van der Waals surface area contributed by atoms with Gasteiger partial charge in [-0.05, 0) is 132 Å². The molecular formula is C123H75N9OS4. The van der Waals surface area contributed by atoms with Crippen molar-refractivity contribution in [2.24, 2.45) is 0 Å². The SMILES string of the molecule is CC1(C)c2ccccc2-c2c1ccc1c3ccccc3n(-c3ccc(-c4nc(-c5ccccc5)c5sc6ccccc6c5n4)cc3)c21.c1ccc(-c2nc(-c3cccc(-n4c5ccccc5c5ccc6oc7ccccc7c6c54)c3)nc3c2sc2ccccc23)cc1.c1ccc(-c2nc(-c3cccc(-n4c5ccccc5c5ccc6sc7ccccc7c6c54)c3)nc3c2sc2ccccc23)cc1. The van der Waals surface area contributed by atoms with E-state index in [0.717, 1.165) is 148 Å². The number of rotatable bonds is 9. The summed E-state index contributed by atoms with van der Waals surface area (Å²) in [6.45, 7) is 4.70. The topological polar surface area (TPSA) is 105 Å². The molecule has 0 fully saturated rings. The average molecular weight is 1820 g/mol. The predicted molar refractivity (Wildman–Crippen MR) is 578 cm³/mol. The second-order valence-electron chi connectivity index (χ2n) is 35.7. The van der Waals surface area contributed by atoms with Crippen LogP contribution in [0.5, 0.6) is 0 Å². The summed E-state index contributed by atoms with van der Waals surface area (Å²) in [5.74, 6) is 2.19. The van der Waals surface area contributed by atoms with Crippen molar-refractivity contribution in [2.75, 3.05) is 0 Å². The number of aromatic nitrogens is 9. The van der Waals surface area contributed by atoms with Gasteiger partial charge in [-0.25, -0.2) is 29.9 Å². The maximum Gasteiger partial charge on any atom is 0.160 e. The van der Waals surface area contributed by atoms with Crippen LogP contribution in [0.4, 0.5) is 0 Å². The van der Waals surface area contributed by atoms with Gasteiger partial charge in [0.2, 0.25) is 0 Å². The first-order chi connectivity index (χ1) is 67.7. The van der Waals surface area contributed by atoms with Gasteiger partial charge in [-0.15, -0.1) is 45.3 Å². The number of fused-ring (bicyclic) bond motifs is 30. The van der Waals surface area contributed by atoms with Gasteiger partial charge in [0.15, 0.2) is 17.5 Å². The molecule has 11 aromatic heterocycles. The van der Waals surface area contributed by atoms with Gasteiger partial charge in [0.25, 0.3) is 0 Å². The normalized spacial score (nSPS) is 12.5. The summed E-state index contributed by atoms with van der Waals surface area (Å²) in [7, 11) is 0. The van der Waals surface area contributed by atoms with Crippen molar-refractivity contribution in [1.82, 2.24) is 43.6 Å². The van der Waals surface area contributed by atoms with Crippen LogP contribution in [0.25, 0.3) is 265 Å². The van der Waals surface area contributed by atoms with E-state index < -0.39 is 0 Å². The molecule has 18 aromatic carbocycles. The molecule has 29 aromatic rings. The van der Waals surface area contributed by atoms with Crippen molar-refractivity contribution in [3.63, 3.8) is 0 Å². The van der Waals surface area contributed by atoms with Crippen molar-refractivity contribution < 1.29 is 4.42 Å². The molecule has 642 valence electrons. The Balaban J connectivity index is 0.000000102. The molecule has 0 aliphatic heterocycles. The van der Waals surface area contributed by atoms with Gasteiger partial charge in [-0.3, -0.25) is 0 Å². The molecule has 1 aliphatic rings. The lowest BCUT2D eigenvalue weighted by atomic mass is 9.82. The van der Waals surface area contributed by atoms with E-state index in [9.17, 15) is 0 Å². The maximum absolute atomic E-state index is 6.33. The summed E-state index contributed by atoms with van der Waals surface area (Å²) in [6, 6.07) is 149. The molecule has 0 saturated heterocycles. The molecule has 30 rings (SSSR count). The highest BCUT2D eigenvalue weighted by molar-refractivity contribution is 7.27. The fourth-order valence-corrected chi connectivity index (χ4v) is 26.0. The molecule has 11 heterocycles. The third-order valence-corrected chi connectivity index (χ3v) is 32.3. The Hall–Kier alpha value is -16.7. The van der Waals surface area contributed by atoms with Crippen LogP contribution in [0, 0.1) is 0 Å². The summed E-state index contributed by atoms with van der Waals surface area (Å²) >= 11 is 7.15.